The molecule has 4 heterocycles. The van der Waals surface area contributed by atoms with Crippen molar-refractivity contribution < 1.29 is 82.4 Å². The Balaban J connectivity index is 0.00000468. The van der Waals surface area contributed by atoms with Gasteiger partial charge in [-0.2, -0.15) is 0 Å². The number of halogens is 2. The second-order valence-corrected chi connectivity index (χ2v) is 17.6. The van der Waals surface area contributed by atoms with Crippen LogP contribution in [0.2, 0.25) is 0 Å². The summed E-state index contributed by atoms with van der Waals surface area (Å²) in [4.78, 5) is 25.6. The van der Waals surface area contributed by atoms with Gasteiger partial charge < -0.3 is 72.8 Å². The van der Waals surface area contributed by atoms with Crippen LogP contribution in [0.1, 0.15) is 131 Å². The van der Waals surface area contributed by atoms with Gasteiger partial charge in [-0.1, -0.05) is 53.4 Å². The summed E-state index contributed by atoms with van der Waals surface area (Å²) >= 11 is 0. The third-order valence-corrected chi connectivity index (χ3v) is 14.1. The van der Waals surface area contributed by atoms with Crippen molar-refractivity contribution in [2.24, 2.45) is 23.7 Å². The summed E-state index contributed by atoms with van der Waals surface area (Å²) < 4.78 is 13.7. The number of carbonyl (C=O) groups is 2. The van der Waals surface area contributed by atoms with Gasteiger partial charge >= 0.3 is 11.9 Å². The minimum Gasteiger partial charge on any atom is -1.00 e. The lowest BCUT2D eigenvalue weighted by Gasteiger charge is -2.36. The largest absolute Gasteiger partial charge is 1.00 e. The average Bonchev–Trinajstić information content (AvgIpc) is 3.83. The van der Waals surface area contributed by atoms with E-state index in [0.717, 1.165) is 25.9 Å². The van der Waals surface area contributed by atoms with E-state index in [1.807, 2.05) is 0 Å². The Bertz CT molecular complexity index is 1010. The van der Waals surface area contributed by atoms with Crippen LogP contribution in [0.5, 0.6) is 0 Å². The highest BCUT2D eigenvalue weighted by Crippen LogP contribution is 2.42. The fourth-order valence-electron chi connectivity index (χ4n) is 10.7. The first-order valence-corrected chi connectivity index (χ1v) is 20.5. The SMILES string of the molecule is CC(C)[C@@](O)(C(=O)OC[C@@H]1CC[N+]2(CCCCCCCCCC[N+]34CCC[C@H]3[C@H](COC(=O)[C@](O)(C(C)C)[C@@H](C)O)CC4)CCC[C@@H]12)[C@@H](C)O.[Br-].[Br-]. The van der Waals surface area contributed by atoms with Gasteiger partial charge in [0.2, 0.25) is 0 Å². The maximum atomic E-state index is 12.8. The van der Waals surface area contributed by atoms with Crippen LogP contribution in [-0.4, -0.2) is 129 Å². The van der Waals surface area contributed by atoms with Crippen LogP contribution in [-0.2, 0) is 19.1 Å². The molecular formula is C40H74Br2N2O8. The first-order chi connectivity index (χ1) is 23.6. The second-order valence-electron chi connectivity index (χ2n) is 17.6. The van der Waals surface area contributed by atoms with Crippen molar-refractivity contribution in [1.82, 2.24) is 0 Å². The van der Waals surface area contributed by atoms with Crippen molar-refractivity contribution in [2.75, 3.05) is 52.5 Å². The van der Waals surface area contributed by atoms with Gasteiger partial charge in [-0.05, 0) is 51.4 Å². The quantitative estimate of drug-likeness (QED) is 0.0639. The molecule has 0 aromatic rings. The predicted octanol–water partition coefficient (Wildman–Crippen LogP) is -1.26. The van der Waals surface area contributed by atoms with Gasteiger partial charge in [0.05, 0.1) is 75.4 Å². The number of nitrogens with zero attached hydrogens (tertiary/aromatic N) is 2. The lowest BCUT2D eigenvalue weighted by atomic mass is 9.85. The lowest BCUT2D eigenvalue weighted by molar-refractivity contribution is -0.929. The van der Waals surface area contributed by atoms with Crippen LogP contribution in [0.4, 0.5) is 0 Å². The van der Waals surface area contributed by atoms with Crippen molar-refractivity contribution in [3.8, 4) is 0 Å². The number of hydrogen-bond donors (Lipinski definition) is 4. The highest BCUT2D eigenvalue weighted by molar-refractivity contribution is 5.81. The number of hydrogen-bond acceptors (Lipinski definition) is 8. The molecule has 12 heteroatoms. The maximum Gasteiger partial charge on any atom is 0.341 e. The number of quaternary nitrogens is 2. The van der Waals surface area contributed by atoms with E-state index in [1.165, 1.54) is 126 Å². The molecule has 52 heavy (non-hydrogen) atoms. The van der Waals surface area contributed by atoms with Crippen molar-refractivity contribution in [3.63, 3.8) is 0 Å². The van der Waals surface area contributed by atoms with E-state index in [0.29, 0.717) is 37.1 Å². The highest BCUT2D eigenvalue weighted by Gasteiger charge is 2.54. The minimum atomic E-state index is -1.86. The zero-order chi connectivity index (χ0) is 36.7. The molecule has 0 aromatic carbocycles. The van der Waals surface area contributed by atoms with Gasteiger partial charge in [0.1, 0.15) is 13.2 Å². The van der Waals surface area contributed by atoms with Gasteiger partial charge in [-0.15, -0.1) is 0 Å². The van der Waals surface area contributed by atoms with Crippen molar-refractivity contribution in [3.05, 3.63) is 0 Å². The number of aliphatic hydroxyl groups is 4. The zero-order valence-corrected chi connectivity index (χ0v) is 36.4. The first kappa shape index (κ1) is 47.8. The topological polar surface area (TPSA) is 134 Å². The van der Waals surface area contributed by atoms with Crippen molar-refractivity contribution in [2.45, 2.75) is 167 Å². The van der Waals surface area contributed by atoms with E-state index in [-0.39, 0.29) is 34.0 Å². The second kappa shape index (κ2) is 20.7. The molecule has 4 rings (SSSR count). The van der Waals surface area contributed by atoms with E-state index in [2.05, 4.69) is 0 Å². The number of aliphatic hydroxyl groups excluding tert-OH is 2. The summed E-state index contributed by atoms with van der Waals surface area (Å²) in [6.45, 7) is 17.8. The van der Waals surface area contributed by atoms with Crippen LogP contribution in [0, 0.1) is 23.7 Å². The number of carbonyl (C=O) groups excluding carboxylic acids is 2. The number of unbranched alkanes of at least 4 members (excludes halogenated alkanes) is 7. The third kappa shape index (κ3) is 10.3. The summed E-state index contributed by atoms with van der Waals surface area (Å²) in [6.07, 6.45) is 14.9. The smallest absolute Gasteiger partial charge is 0.341 e. The third-order valence-electron chi connectivity index (χ3n) is 14.1. The molecule has 0 saturated carbocycles. The number of fused-ring (bicyclic) bond motifs is 2. The summed E-state index contributed by atoms with van der Waals surface area (Å²) in [5.74, 6) is -1.55. The molecule has 2 unspecified atom stereocenters. The van der Waals surface area contributed by atoms with Crippen molar-refractivity contribution in [1.29, 1.82) is 0 Å². The summed E-state index contributed by atoms with van der Waals surface area (Å²) in [6, 6.07) is 1.09. The van der Waals surface area contributed by atoms with Crippen LogP contribution < -0.4 is 34.0 Å². The highest BCUT2D eigenvalue weighted by atomic mass is 79.9. The fourth-order valence-corrected chi connectivity index (χ4v) is 10.7. The molecule has 4 N–H and O–H groups in total. The van der Waals surface area contributed by atoms with Gasteiger partial charge in [0.15, 0.2) is 11.2 Å². The van der Waals surface area contributed by atoms with Crippen LogP contribution in [0.3, 0.4) is 0 Å². The molecule has 4 saturated heterocycles. The fraction of sp³-hybridized carbons (Fsp3) is 0.950. The molecule has 0 aliphatic carbocycles. The maximum absolute atomic E-state index is 12.8. The Morgan fingerprint density at radius 2 is 0.904 bits per heavy atom. The molecule has 4 aliphatic heterocycles. The number of rotatable bonds is 21. The van der Waals surface area contributed by atoms with Gasteiger partial charge in [0.25, 0.3) is 0 Å². The molecule has 0 bridgehead atoms. The van der Waals surface area contributed by atoms with E-state index in [1.54, 1.807) is 27.7 Å². The van der Waals surface area contributed by atoms with E-state index >= 15 is 0 Å². The van der Waals surface area contributed by atoms with E-state index in [4.69, 9.17) is 9.47 Å². The molecule has 0 aromatic heterocycles. The van der Waals surface area contributed by atoms with Crippen LogP contribution >= 0.6 is 0 Å². The molecular weight excluding hydrogens is 796 g/mol. The molecule has 10 nitrogen and oxygen atoms in total. The molecule has 306 valence electrons. The lowest BCUT2D eigenvalue weighted by Crippen LogP contribution is -3.00. The van der Waals surface area contributed by atoms with Gasteiger partial charge in [0, 0.05) is 38.5 Å². The Hall–Kier alpha value is -0.340. The van der Waals surface area contributed by atoms with E-state index in [9.17, 15) is 30.0 Å². The van der Waals surface area contributed by atoms with E-state index < -0.39 is 47.2 Å². The normalized spacial score (nSPS) is 31.5. The van der Waals surface area contributed by atoms with Crippen molar-refractivity contribution >= 4 is 11.9 Å². The number of ether oxygens (including phenoxy) is 2. The molecule has 0 radical (unpaired) electrons. The predicted molar refractivity (Wildman–Crippen MR) is 194 cm³/mol. The molecule has 4 aliphatic rings. The minimum absolute atomic E-state index is 0. The molecule has 0 spiro atoms. The zero-order valence-electron chi connectivity index (χ0n) is 33.2. The Kier molecular flexibility index (Phi) is 19.0. The average molecular weight is 871 g/mol. The summed E-state index contributed by atoms with van der Waals surface area (Å²) in [7, 11) is 0. The Morgan fingerprint density at radius 3 is 1.21 bits per heavy atom. The van der Waals surface area contributed by atoms with Crippen LogP contribution in [0.25, 0.3) is 0 Å². The molecule has 0 amide bonds. The first-order valence-electron chi connectivity index (χ1n) is 20.5. The summed E-state index contributed by atoms with van der Waals surface area (Å²) in [5.41, 5.74) is -3.72. The van der Waals surface area contributed by atoms with Gasteiger partial charge in [-0.3, -0.25) is 0 Å². The summed E-state index contributed by atoms with van der Waals surface area (Å²) in [5, 5.41) is 41.8. The standard InChI is InChI=1S/C40H74N2O8.2BrH/c1-29(2)39(47,31(5)43)37(45)49-27-33-19-25-41(23-15-17-35(33)41)21-13-11-9-7-8-10-12-14-22-42-24-16-18-36(42)34(20-26-42)28-50-38(46)40(48,30(3)4)32(6)44;;/h29-36,43-44,47-48H,7-28H2,1-6H3;2*1H/q+2;;/p-2/t31-,32-,33+,34+,35+,36+,39+,40+,41?,42?;;/m1../s1. The molecule has 10 atom stereocenters. The Labute approximate surface area is 336 Å². The monoisotopic (exact) mass is 868 g/mol. The van der Waals surface area contributed by atoms with Crippen LogP contribution in [0.15, 0.2) is 0 Å². The number of esters is 2. The van der Waals surface area contributed by atoms with Gasteiger partial charge in [-0.25, -0.2) is 9.59 Å². The molecule has 4 fully saturated rings. The Morgan fingerprint density at radius 1 is 0.577 bits per heavy atom.